The van der Waals surface area contributed by atoms with Gasteiger partial charge in [0.05, 0.1) is 31.3 Å². The fraction of sp³-hybridized carbons (Fsp3) is 0.217. The Labute approximate surface area is 180 Å². The number of ether oxygens (including phenoxy) is 3. The van der Waals surface area contributed by atoms with Gasteiger partial charge in [0.15, 0.2) is 18.1 Å². The molecule has 0 spiro atoms. The van der Waals surface area contributed by atoms with Crippen molar-refractivity contribution in [3.8, 4) is 17.2 Å². The molecule has 0 bridgehead atoms. The minimum Gasteiger partial charge on any atom is -0.492 e. The lowest BCUT2D eigenvalue weighted by atomic mass is 10.3. The molecule has 7 heteroatoms. The number of aromatic nitrogens is 1. The van der Waals surface area contributed by atoms with Gasteiger partial charge in [-0.1, -0.05) is 30.3 Å². The zero-order chi connectivity index (χ0) is 21.2. The summed E-state index contributed by atoms with van der Waals surface area (Å²) in [6, 6.07) is 19.2. The largest absolute Gasteiger partial charge is 0.492 e. The molecular formula is C23H24N2O4S. The molecule has 1 aromatic heterocycles. The van der Waals surface area contributed by atoms with Gasteiger partial charge in [-0.3, -0.25) is 9.78 Å². The molecule has 0 saturated heterocycles. The number of hydrogen-bond donors (Lipinski definition) is 1. The van der Waals surface area contributed by atoms with Crippen LogP contribution in [0.1, 0.15) is 12.6 Å². The molecule has 0 fully saturated rings. The average molecular weight is 425 g/mol. The van der Waals surface area contributed by atoms with E-state index in [4.69, 9.17) is 14.2 Å². The summed E-state index contributed by atoms with van der Waals surface area (Å²) in [6.07, 6.45) is 1.61. The summed E-state index contributed by atoms with van der Waals surface area (Å²) in [6.45, 7) is 2.25. The predicted octanol–water partition coefficient (Wildman–Crippen LogP) is 4.80. The summed E-state index contributed by atoms with van der Waals surface area (Å²) in [5.74, 6) is 1.96. The molecule has 1 heterocycles. The molecule has 0 radical (unpaired) electrons. The van der Waals surface area contributed by atoms with Crippen molar-refractivity contribution in [3.05, 3.63) is 72.6 Å². The Balaban J connectivity index is 1.61. The van der Waals surface area contributed by atoms with Gasteiger partial charge in [0.25, 0.3) is 5.91 Å². The van der Waals surface area contributed by atoms with Crippen molar-refractivity contribution >= 4 is 23.4 Å². The molecule has 0 saturated carbocycles. The normalized spacial score (nSPS) is 10.3. The van der Waals surface area contributed by atoms with Gasteiger partial charge in [-0.05, 0) is 31.2 Å². The van der Waals surface area contributed by atoms with E-state index in [1.54, 1.807) is 37.2 Å². The first-order chi connectivity index (χ1) is 14.7. The first kappa shape index (κ1) is 21.5. The molecule has 6 nitrogen and oxygen atoms in total. The van der Waals surface area contributed by atoms with E-state index in [0.29, 0.717) is 35.3 Å². The van der Waals surface area contributed by atoms with E-state index in [1.165, 1.54) is 0 Å². The lowest BCUT2D eigenvalue weighted by molar-refractivity contribution is -0.118. The van der Waals surface area contributed by atoms with E-state index in [0.717, 1.165) is 10.6 Å². The number of pyridine rings is 1. The van der Waals surface area contributed by atoms with Crippen LogP contribution in [0.15, 0.2) is 71.8 Å². The molecule has 1 N–H and O–H groups in total. The lowest BCUT2D eigenvalue weighted by Crippen LogP contribution is -2.21. The second-order valence-electron chi connectivity index (χ2n) is 6.19. The molecule has 3 rings (SSSR count). The summed E-state index contributed by atoms with van der Waals surface area (Å²) in [7, 11) is 1.54. The summed E-state index contributed by atoms with van der Waals surface area (Å²) < 4.78 is 16.6. The Kier molecular flexibility index (Phi) is 7.97. The fourth-order valence-corrected chi connectivity index (χ4v) is 3.49. The van der Waals surface area contributed by atoms with Crippen molar-refractivity contribution in [1.29, 1.82) is 0 Å². The second-order valence-corrected chi connectivity index (χ2v) is 7.24. The standard InChI is InChI=1S/C23H24N2O4S/c1-3-28-20-12-8-7-11-19(20)25-23(26)15-29-21-13-17(24-14-22(21)27-2)16-30-18-9-5-4-6-10-18/h4-14H,3,15-16H2,1-2H3,(H,25,26). The summed E-state index contributed by atoms with van der Waals surface area (Å²) in [4.78, 5) is 18.0. The highest BCUT2D eigenvalue weighted by Crippen LogP contribution is 2.30. The lowest BCUT2D eigenvalue weighted by Gasteiger charge is -2.13. The van der Waals surface area contributed by atoms with Gasteiger partial charge in [0, 0.05) is 16.7 Å². The third-order valence-corrected chi connectivity index (χ3v) is 5.10. The van der Waals surface area contributed by atoms with Crippen molar-refractivity contribution < 1.29 is 19.0 Å². The first-order valence-corrected chi connectivity index (χ1v) is 10.5. The minimum absolute atomic E-state index is 0.161. The number of nitrogens with zero attached hydrogens (tertiary/aromatic N) is 1. The maximum absolute atomic E-state index is 12.4. The van der Waals surface area contributed by atoms with Gasteiger partial charge in [0.1, 0.15) is 5.75 Å². The van der Waals surface area contributed by atoms with Crippen molar-refractivity contribution in [2.45, 2.75) is 17.6 Å². The number of rotatable bonds is 10. The van der Waals surface area contributed by atoms with Crippen LogP contribution in [0.3, 0.4) is 0 Å². The molecule has 2 aromatic carbocycles. The molecule has 30 heavy (non-hydrogen) atoms. The van der Waals surface area contributed by atoms with Gasteiger partial charge in [-0.15, -0.1) is 11.8 Å². The highest BCUT2D eigenvalue weighted by atomic mass is 32.2. The van der Waals surface area contributed by atoms with Crippen LogP contribution in [-0.4, -0.2) is 31.2 Å². The number of thioether (sulfide) groups is 1. The Hall–Kier alpha value is -3.19. The van der Waals surface area contributed by atoms with Crippen molar-refractivity contribution in [2.24, 2.45) is 0 Å². The number of carbonyl (C=O) groups is 1. The quantitative estimate of drug-likeness (QED) is 0.472. The Morgan fingerprint density at radius 3 is 2.53 bits per heavy atom. The molecule has 0 unspecified atom stereocenters. The monoisotopic (exact) mass is 424 g/mol. The predicted molar refractivity (Wildman–Crippen MR) is 119 cm³/mol. The number of nitrogens with one attached hydrogen (secondary N) is 1. The maximum Gasteiger partial charge on any atom is 0.262 e. The second kappa shape index (κ2) is 11.1. The van der Waals surface area contributed by atoms with Crippen LogP contribution in [0, 0.1) is 0 Å². The summed E-state index contributed by atoms with van der Waals surface area (Å²) >= 11 is 1.68. The topological polar surface area (TPSA) is 69.7 Å². The Bertz CT molecular complexity index is 966. The first-order valence-electron chi connectivity index (χ1n) is 9.54. The smallest absolute Gasteiger partial charge is 0.262 e. The Morgan fingerprint density at radius 1 is 1.00 bits per heavy atom. The maximum atomic E-state index is 12.4. The van der Waals surface area contributed by atoms with Crippen LogP contribution in [0.2, 0.25) is 0 Å². The van der Waals surface area contributed by atoms with E-state index in [2.05, 4.69) is 22.4 Å². The number of benzene rings is 2. The molecule has 0 atom stereocenters. The van der Waals surface area contributed by atoms with Crippen molar-refractivity contribution in [3.63, 3.8) is 0 Å². The average Bonchev–Trinajstić information content (AvgIpc) is 2.78. The zero-order valence-corrected chi connectivity index (χ0v) is 17.8. The third-order valence-electron chi connectivity index (χ3n) is 4.06. The van der Waals surface area contributed by atoms with Crippen molar-refractivity contribution in [2.75, 3.05) is 25.6 Å². The molecule has 3 aromatic rings. The van der Waals surface area contributed by atoms with Crippen LogP contribution < -0.4 is 19.5 Å². The molecule has 156 valence electrons. The molecular weight excluding hydrogens is 400 g/mol. The Morgan fingerprint density at radius 2 is 1.77 bits per heavy atom. The molecule has 0 aliphatic heterocycles. The number of para-hydroxylation sites is 2. The van der Waals surface area contributed by atoms with Gasteiger partial charge < -0.3 is 19.5 Å². The van der Waals surface area contributed by atoms with Gasteiger partial charge in [0.2, 0.25) is 0 Å². The summed E-state index contributed by atoms with van der Waals surface area (Å²) in [5, 5.41) is 2.81. The summed E-state index contributed by atoms with van der Waals surface area (Å²) in [5.41, 5.74) is 1.44. The van der Waals surface area contributed by atoms with Crippen LogP contribution in [0.25, 0.3) is 0 Å². The minimum atomic E-state index is -0.291. The SMILES string of the molecule is CCOc1ccccc1NC(=O)COc1cc(CSc2ccccc2)ncc1OC. The number of anilines is 1. The van der Waals surface area contributed by atoms with E-state index in [9.17, 15) is 4.79 Å². The van der Waals surface area contributed by atoms with Gasteiger partial charge in [-0.2, -0.15) is 0 Å². The molecule has 1 amide bonds. The molecule has 0 aliphatic rings. The van der Waals surface area contributed by atoms with Crippen LogP contribution >= 0.6 is 11.8 Å². The van der Waals surface area contributed by atoms with E-state index in [-0.39, 0.29) is 12.5 Å². The molecule has 0 aliphatic carbocycles. The van der Waals surface area contributed by atoms with Gasteiger partial charge in [-0.25, -0.2) is 0 Å². The number of hydrogen-bond acceptors (Lipinski definition) is 6. The highest BCUT2D eigenvalue weighted by Gasteiger charge is 2.12. The fourth-order valence-electron chi connectivity index (χ4n) is 2.66. The number of methoxy groups -OCH3 is 1. The van der Waals surface area contributed by atoms with Crippen LogP contribution in [0.4, 0.5) is 5.69 Å². The highest BCUT2D eigenvalue weighted by molar-refractivity contribution is 7.98. The van der Waals surface area contributed by atoms with Crippen molar-refractivity contribution in [1.82, 2.24) is 4.98 Å². The van der Waals surface area contributed by atoms with Gasteiger partial charge >= 0.3 is 0 Å². The van der Waals surface area contributed by atoms with E-state index in [1.807, 2.05) is 43.3 Å². The van der Waals surface area contributed by atoms with E-state index >= 15 is 0 Å². The van der Waals surface area contributed by atoms with E-state index < -0.39 is 0 Å². The number of carbonyl (C=O) groups excluding carboxylic acids is 1. The zero-order valence-electron chi connectivity index (χ0n) is 17.0. The number of amides is 1. The van der Waals surface area contributed by atoms with Crippen LogP contribution in [-0.2, 0) is 10.5 Å². The van der Waals surface area contributed by atoms with Crippen LogP contribution in [0.5, 0.6) is 17.2 Å². The third kappa shape index (κ3) is 6.15.